The third-order valence-electron chi connectivity index (χ3n) is 2.99. The molecule has 9 heteroatoms. The van der Waals surface area contributed by atoms with E-state index in [4.69, 9.17) is 12.2 Å². The third kappa shape index (κ3) is 5.43. The molecule has 1 saturated heterocycles. The zero-order valence-electron chi connectivity index (χ0n) is 13.4. The largest absolute Gasteiger partial charge is 0.357 e. The summed E-state index contributed by atoms with van der Waals surface area (Å²) in [6, 6.07) is 0. The van der Waals surface area contributed by atoms with E-state index in [0.717, 1.165) is 6.42 Å². The molecule has 1 fully saturated rings. The van der Waals surface area contributed by atoms with Crippen molar-refractivity contribution in [1.82, 2.24) is 21.2 Å². The molecule has 7 nitrogen and oxygen atoms in total. The van der Waals surface area contributed by atoms with Crippen molar-refractivity contribution < 1.29 is 9.59 Å². The topological polar surface area (TPSA) is 86.4 Å². The summed E-state index contributed by atoms with van der Waals surface area (Å²) in [4.78, 5) is 29.6. The normalized spacial score (nSPS) is 14.7. The quantitative estimate of drug-likeness (QED) is 0.556. The van der Waals surface area contributed by atoms with Gasteiger partial charge in [-0.05, 0) is 39.4 Å². The average molecular weight is 355 g/mol. The van der Waals surface area contributed by atoms with E-state index in [1.165, 1.54) is 11.3 Å². The molecule has 1 aliphatic heterocycles. The molecular formula is C14H21N5O2S2. The molecule has 2 rings (SSSR count). The van der Waals surface area contributed by atoms with E-state index in [1.54, 1.807) is 10.3 Å². The second-order valence-electron chi connectivity index (χ2n) is 6.32. The van der Waals surface area contributed by atoms with Gasteiger partial charge in [0.2, 0.25) is 11.8 Å². The van der Waals surface area contributed by atoms with Gasteiger partial charge in [0.05, 0.1) is 12.1 Å². The summed E-state index contributed by atoms with van der Waals surface area (Å²) < 4.78 is 0. The van der Waals surface area contributed by atoms with Crippen molar-refractivity contribution in [2.24, 2.45) is 0 Å². The summed E-state index contributed by atoms with van der Waals surface area (Å²) in [6.45, 7) is 6.62. The number of hydrazine groups is 1. The standard InChI is InChI=1S/C14H21N5O2S2/c1-14(2,3)16-12(22)18-17-10(20)7-9-8-23-13(15-9)19-6-4-5-11(19)21/h8H,4-7H2,1-3H3,(H,17,20)(H2,16,18,22). The summed E-state index contributed by atoms with van der Waals surface area (Å²) in [5.74, 6) is -0.150. The zero-order valence-corrected chi connectivity index (χ0v) is 15.1. The highest BCUT2D eigenvalue weighted by atomic mass is 32.1. The lowest BCUT2D eigenvalue weighted by atomic mass is 10.1. The molecule has 126 valence electrons. The predicted octanol–water partition coefficient (Wildman–Crippen LogP) is 1.11. The van der Waals surface area contributed by atoms with Crippen LogP contribution in [-0.4, -0.2) is 34.0 Å². The maximum atomic E-state index is 11.9. The highest BCUT2D eigenvalue weighted by molar-refractivity contribution is 7.80. The lowest BCUT2D eigenvalue weighted by Gasteiger charge is -2.23. The zero-order chi connectivity index (χ0) is 17.0. The van der Waals surface area contributed by atoms with Crippen molar-refractivity contribution in [2.45, 2.75) is 45.6 Å². The first-order chi connectivity index (χ1) is 10.7. The molecule has 0 bridgehead atoms. The van der Waals surface area contributed by atoms with Crippen LogP contribution >= 0.6 is 23.6 Å². The number of carbonyl (C=O) groups is 2. The summed E-state index contributed by atoms with van der Waals surface area (Å²) >= 11 is 6.46. The molecule has 1 aromatic rings. The number of aromatic nitrogens is 1. The van der Waals surface area contributed by atoms with Crippen LogP contribution in [0.2, 0.25) is 0 Å². The Morgan fingerprint density at radius 3 is 2.78 bits per heavy atom. The van der Waals surface area contributed by atoms with Crippen molar-refractivity contribution in [3.05, 3.63) is 11.1 Å². The smallest absolute Gasteiger partial charge is 0.244 e. The van der Waals surface area contributed by atoms with Crippen LogP contribution in [0, 0.1) is 0 Å². The van der Waals surface area contributed by atoms with Crippen LogP contribution in [0.5, 0.6) is 0 Å². The highest BCUT2D eigenvalue weighted by Crippen LogP contribution is 2.25. The third-order valence-corrected chi connectivity index (χ3v) is 4.11. The fourth-order valence-electron chi connectivity index (χ4n) is 2.06. The maximum absolute atomic E-state index is 11.9. The molecule has 3 N–H and O–H groups in total. The van der Waals surface area contributed by atoms with E-state index in [0.29, 0.717) is 28.9 Å². The second-order valence-corrected chi connectivity index (χ2v) is 7.57. The van der Waals surface area contributed by atoms with E-state index < -0.39 is 0 Å². The van der Waals surface area contributed by atoms with Gasteiger partial charge in [0, 0.05) is 23.9 Å². The Bertz CT molecular complexity index is 609. The van der Waals surface area contributed by atoms with Crippen molar-refractivity contribution in [1.29, 1.82) is 0 Å². The van der Waals surface area contributed by atoms with Crippen molar-refractivity contribution in [3.8, 4) is 0 Å². The van der Waals surface area contributed by atoms with Crippen LogP contribution in [0.4, 0.5) is 5.13 Å². The number of nitrogens with zero attached hydrogens (tertiary/aromatic N) is 2. The molecule has 0 spiro atoms. The Morgan fingerprint density at radius 1 is 1.43 bits per heavy atom. The monoisotopic (exact) mass is 355 g/mol. The predicted molar refractivity (Wildman–Crippen MR) is 94.2 cm³/mol. The Kier molecular flexibility index (Phi) is 5.53. The molecule has 1 aliphatic rings. The van der Waals surface area contributed by atoms with Crippen LogP contribution < -0.4 is 21.1 Å². The minimum Gasteiger partial charge on any atom is -0.357 e. The van der Waals surface area contributed by atoms with Crippen molar-refractivity contribution in [2.75, 3.05) is 11.4 Å². The number of thiocarbonyl (C=S) groups is 1. The molecule has 2 heterocycles. The SMILES string of the molecule is CC(C)(C)NC(=S)NNC(=O)Cc1csc(N2CCCC2=O)n1. The van der Waals surface area contributed by atoms with E-state index in [9.17, 15) is 9.59 Å². The Labute approximate surface area is 144 Å². The van der Waals surface area contributed by atoms with Gasteiger partial charge >= 0.3 is 0 Å². The van der Waals surface area contributed by atoms with Crippen LogP contribution in [-0.2, 0) is 16.0 Å². The molecule has 0 aromatic carbocycles. The van der Waals surface area contributed by atoms with Gasteiger partial charge < -0.3 is 5.32 Å². The summed E-state index contributed by atoms with van der Waals surface area (Å²) in [5, 5.41) is 5.84. The van der Waals surface area contributed by atoms with Crippen LogP contribution in [0.1, 0.15) is 39.3 Å². The van der Waals surface area contributed by atoms with Gasteiger partial charge in [-0.25, -0.2) is 4.98 Å². The molecule has 0 saturated carbocycles. The lowest BCUT2D eigenvalue weighted by molar-refractivity contribution is -0.121. The molecule has 23 heavy (non-hydrogen) atoms. The van der Waals surface area contributed by atoms with Crippen LogP contribution in [0.15, 0.2) is 5.38 Å². The molecule has 2 amide bonds. The summed E-state index contributed by atoms with van der Waals surface area (Å²) in [7, 11) is 0. The minimum absolute atomic E-state index is 0.0932. The van der Waals surface area contributed by atoms with E-state index >= 15 is 0 Å². The summed E-state index contributed by atoms with van der Waals surface area (Å²) in [5.41, 5.74) is 5.65. The first-order valence-corrected chi connectivity index (χ1v) is 8.65. The van der Waals surface area contributed by atoms with Gasteiger partial charge in [-0.1, -0.05) is 0 Å². The van der Waals surface area contributed by atoms with Gasteiger partial charge in [0.1, 0.15) is 0 Å². The van der Waals surface area contributed by atoms with E-state index in [-0.39, 0.29) is 23.8 Å². The second kappa shape index (κ2) is 7.22. The minimum atomic E-state index is -0.243. The molecule has 0 radical (unpaired) electrons. The lowest BCUT2D eigenvalue weighted by Crippen LogP contribution is -2.52. The van der Waals surface area contributed by atoms with Crippen molar-refractivity contribution in [3.63, 3.8) is 0 Å². The molecule has 0 aliphatic carbocycles. The first kappa shape index (κ1) is 17.6. The number of carbonyl (C=O) groups excluding carboxylic acids is 2. The maximum Gasteiger partial charge on any atom is 0.244 e. The van der Waals surface area contributed by atoms with E-state index in [1.807, 2.05) is 20.8 Å². The fourth-order valence-corrected chi connectivity index (χ4v) is 3.28. The van der Waals surface area contributed by atoms with Gasteiger partial charge in [-0.2, -0.15) is 0 Å². The molecule has 1 aromatic heterocycles. The van der Waals surface area contributed by atoms with Gasteiger partial charge in [0.15, 0.2) is 10.2 Å². The summed E-state index contributed by atoms with van der Waals surface area (Å²) in [6.07, 6.45) is 1.55. The molecular weight excluding hydrogens is 334 g/mol. The highest BCUT2D eigenvalue weighted by Gasteiger charge is 2.24. The van der Waals surface area contributed by atoms with Gasteiger partial charge in [-0.15, -0.1) is 11.3 Å². The van der Waals surface area contributed by atoms with E-state index in [2.05, 4.69) is 21.2 Å². The number of rotatable bonds is 3. The molecule has 0 unspecified atom stereocenters. The number of hydrogen-bond donors (Lipinski definition) is 3. The molecule has 0 atom stereocenters. The Hall–Kier alpha value is -1.74. The number of hydrogen-bond acceptors (Lipinski definition) is 5. The van der Waals surface area contributed by atoms with Gasteiger partial charge in [-0.3, -0.25) is 25.3 Å². The van der Waals surface area contributed by atoms with Crippen LogP contribution in [0.25, 0.3) is 0 Å². The van der Waals surface area contributed by atoms with Crippen LogP contribution in [0.3, 0.4) is 0 Å². The Balaban J connectivity index is 1.81. The number of thiazole rings is 1. The van der Waals surface area contributed by atoms with Crippen molar-refractivity contribution >= 4 is 45.6 Å². The number of nitrogens with one attached hydrogen (secondary N) is 3. The van der Waals surface area contributed by atoms with Gasteiger partial charge in [0.25, 0.3) is 0 Å². The fraction of sp³-hybridized carbons (Fsp3) is 0.571. The first-order valence-electron chi connectivity index (χ1n) is 7.36. The number of amides is 2. The Morgan fingerprint density at radius 2 is 2.17 bits per heavy atom. The number of anilines is 1. The average Bonchev–Trinajstić information content (AvgIpc) is 3.03.